The Hall–Kier alpha value is -1.64. The summed E-state index contributed by atoms with van der Waals surface area (Å²) in [7, 11) is -0.239. The Morgan fingerprint density at radius 1 is 0.725 bits per heavy atom. The van der Waals surface area contributed by atoms with Gasteiger partial charge in [0.1, 0.15) is 5.60 Å². The van der Waals surface area contributed by atoms with Crippen LogP contribution < -0.4 is 0 Å². The number of ether oxygens (including phenoxy) is 2. The second-order valence-electron chi connectivity index (χ2n) is 9.40. The molecule has 0 N–H and O–H groups in total. The average molecular weight is 889 g/mol. The first-order valence-corrected chi connectivity index (χ1v) is 17.1. The summed E-state index contributed by atoms with van der Waals surface area (Å²) in [5.74, 6) is -0.692. The van der Waals surface area contributed by atoms with Crippen molar-refractivity contribution in [3.8, 4) is 0 Å². The molecule has 4 nitrogen and oxygen atoms in total. The molecule has 0 aliphatic rings. The van der Waals surface area contributed by atoms with Crippen LogP contribution in [-0.2, 0) is 30.8 Å². The molecular weight excluding hydrogens is 861 g/mol. The molecule has 0 radical (unpaired) electrons. The summed E-state index contributed by atoms with van der Waals surface area (Å²) in [6.07, 6.45) is 0.564. The first kappa shape index (κ1) is 31.3. The quantitative estimate of drug-likeness (QED) is 0.0525. The molecule has 0 saturated heterocycles. The maximum Gasteiger partial charge on any atom is 0.340 e. The first-order chi connectivity index (χ1) is 19.2. The van der Waals surface area contributed by atoms with Gasteiger partial charge in [-0.1, -0.05) is 48.5 Å². The number of halogens is 3. The fourth-order valence-corrected chi connectivity index (χ4v) is 8.49. The molecular formula is C32H28I3O4S+. The Morgan fingerprint density at radius 3 is 1.82 bits per heavy atom. The van der Waals surface area contributed by atoms with Crippen LogP contribution in [0.15, 0.2) is 112 Å². The molecule has 0 aliphatic heterocycles. The predicted octanol–water partition coefficient (Wildman–Crippen LogP) is 9.01. The van der Waals surface area contributed by atoms with Crippen molar-refractivity contribution in [2.45, 2.75) is 47.0 Å². The van der Waals surface area contributed by atoms with Crippen molar-refractivity contribution in [2.75, 3.05) is 6.61 Å². The fraction of sp³-hybridized carbons (Fsp3) is 0.188. The van der Waals surface area contributed by atoms with Gasteiger partial charge in [-0.25, -0.2) is 4.79 Å². The molecule has 4 aromatic rings. The maximum atomic E-state index is 12.7. The molecule has 4 rings (SSSR count). The number of rotatable bonds is 10. The number of esters is 2. The van der Waals surface area contributed by atoms with E-state index in [-0.39, 0.29) is 35.9 Å². The predicted molar refractivity (Wildman–Crippen MR) is 185 cm³/mol. The largest absolute Gasteiger partial charge is 0.462 e. The van der Waals surface area contributed by atoms with Gasteiger partial charge < -0.3 is 9.47 Å². The Kier molecular flexibility index (Phi) is 11.3. The van der Waals surface area contributed by atoms with Gasteiger partial charge in [0.25, 0.3) is 0 Å². The average Bonchev–Trinajstić information content (AvgIpc) is 2.95. The van der Waals surface area contributed by atoms with E-state index in [0.29, 0.717) is 12.0 Å². The fourth-order valence-electron chi connectivity index (χ4n) is 4.08. The van der Waals surface area contributed by atoms with Gasteiger partial charge in [-0.3, -0.25) is 4.79 Å². The summed E-state index contributed by atoms with van der Waals surface area (Å²) in [5.41, 5.74) is 0.698. The van der Waals surface area contributed by atoms with E-state index in [1.165, 1.54) is 14.7 Å². The lowest BCUT2D eigenvalue weighted by Gasteiger charge is -2.26. The summed E-state index contributed by atoms with van der Waals surface area (Å²) < 4.78 is 14.0. The highest BCUT2D eigenvalue weighted by molar-refractivity contribution is 14.1. The van der Waals surface area contributed by atoms with Crippen molar-refractivity contribution < 1.29 is 19.1 Å². The van der Waals surface area contributed by atoms with Gasteiger partial charge in [0.05, 0.1) is 23.1 Å². The molecule has 0 spiro atoms. The lowest BCUT2D eigenvalue weighted by molar-refractivity contribution is -0.157. The molecule has 0 heterocycles. The normalized spacial score (nSPS) is 11.3. The molecule has 40 heavy (non-hydrogen) atoms. The van der Waals surface area contributed by atoms with E-state index >= 15 is 0 Å². The van der Waals surface area contributed by atoms with E-state index in [1.807, 2.05) is 50.2 Å². The molecule has 0 aromatic heterocycles. The monoisotopic (exact) mass is 889 g/mol. The van der Waals surface area contributed by atoms with Crippen molar-refractivity contribution in [3.05, 3.63) is 119 Å². The molecule has 0 atom stereocenters. The van der Waals surface area contributed by atoms with Crippen LogP contribution in [-0.4, -0.2) is 18.5 Å². The van der Waals surface area contributed by atoms with E-state index in [0.717, 1.165) is 16.3 Å². The van der Waals surface area contributed by atoms with Crippen molar-refractivity contribution in [3.63, 3.8) is 0 Å². The van der Waals surface area contributed by atoms with E-state index in [9.17, 15) is 9.59 Å². The lowest BCUT2D eigenvalue weighted by atomic mass is 9.98. The summed E-state index contributed by atoms with van der Waals surface area (Å²) in [6.45, 7) is 3.95. The Morgan fingerprint density at radius 2 is 1.25 bits per heavy atom. The number of hydrogen-bond donors (Lipinski definition) is 0. The molecule has 0 amide bonds. The first-order valence-electron chi connectivity index (χ1n) is 12.6. The van der Waals surface area contributed by atoms with Crippen LogP contribution in [0.25, 0.3) is 0 Å². The smallest absolute Gasteiger partial charge is 0.340 e. The topological polar surface area (TPSA) is 52.6 Å². The number of carbonyl (C=O) groups excluding carboxylic acids is 2. The van der Waals surface area contributed by atoms with Crippen molar-refractivity contribution in [1.29, 1.82) is 0 Å². The van der Waals surface area contributed by atoms with Crippen LogP contribution in [0.5, 0.6) is 0 Å². The zero-order valence-corrected chi connectivity index (χ0v) is 29.3. The van der Waals surface area contributed by atoms with Crippen LogP contribution in [0.2, 0.25) is 0 Å². The van der Waals surface area contributed by atoms with Gasteiger partial charge in [0, 0.05) is 17.1 Å². The number of carbonyl (C=O) groups is 2. The minimum atomic E-state index is -0.794. The lowest BCUT2D eigenvalue weighted by Crippen LogP contribution is -2.26. The molecule has 4 aromatic carbocycles. The third kappa shape index (κ3) is 8.01. The maximum absolute atomic E-state index is 12.7. The van der Waals surface area contributed by atoms with Gasteiger partial charge in [-0.15, -0.1) is 0 Å². The van der Waals surface area contributed by atoms with Gasteiger partial charge >= 0.3 is 11.9 Å². The molecule has 0 fully saturated rings. The Balaban J connectivity index is 1.36. The SMILES string of the molecule is CC(C)(OC(=O)CCCOC(=O)c1c(I)ccc(I)c1I)c1ccc([S+](c2ccccc2)c2ccccc2)cc1. The zero-order valence-electron chi connectivity index (χ0n) is 22.0. The van der Waals surface area contributed by atoms with E-state index in [4.69, 9.17) is 9.47 Å². The summed E-state index contributed by atoms with van der Waals surface area (Å²) in [6, 6.07) is 33.2. The highest BCUT2D eigenvalue weighted by atomic mass is 127. The van der Waals surface area contributed by atoms with Crippen molar-refractivity contribution >= 4 is 90.6 Å². The highest BCUT2D eigenvalue weighted by Crippen LogP contribution is 2.33. The van der Waals surface area contributed by atoms with E-state index < -0.39 is 5.60 Å². The minimum absolute atomic E-state index is 0.155. The third-order valence-electron chi connectivity index (χ3n) is 6.12. The van der Waals surface area contributed by atoms with Crippen molar-refractivity contribution in [1.82, 2.24) is 0 Å². The summed E-state index contributed by atoms with van der Waals surface area (Å²) >= 11 is 6.50. The highest BCUT2D eigenvalue weighted by Gasteiger charge is 2.30. The number of benzene rings is 4. The van der Waals surface area contributed by atoms with Gasteiger partial charge in [0.15, 0.2) is 14.7 Å². The molecule has 0 unspecified atom stereocenters. The second kappa shape index (κ2) is 14.5. The van der Waals surface area contributed by atoms with Crippen LogP contribution in [0, 0.1) is 10.7 Å². The minimum Gasteiger partial charge on any atom is -0.462 e. The van der Waals surface area contributed by atoms with Crippen LogP contribution >= 0.6 is 67.8 Å². The van der Waals surface area contributed by atoms with Crippen LogP contribution in [0.1, 0.15) is 42.6 Å². The van der Waals surface area contributed by atoms with Crippen LogP contribution in [0.3, 0.4) is 0 Å². The van der Waals surface area contributed by atoms with Gasteiger partial charge in [-0.05, 0) is 142 Å². The Labute approximate surface area is 279 Å². The summed E-state index contributed by atoms with van der Waals surface area (Å²) in [4.78, 5) is 29.0. The zero-order chi connectivity index (χ0) is 28.7. The molecule has 0 bridgehead atoms. The second-order valence-corrected chi connectivity index (χ2v) is 14.8. The van der Waals surface area contributed by atoms with Gasteiger partial charge in [0.2, 0.25) is 0 Å². The molecule has 206 valence electrons. The standard InChI is InChI=1S/C32H28I3O4S/c1-32(2,39-28(36)14-9-21-38-31(37)29-26(33)19-20-27(34)30(29)35)22-15-17-25(18-16-22)40(23-10-5-3-6-11-23)24-12-7-4-8-13-24/h3-8,10-13,15-20H,9,14,21H2,1-2H3/q+1. The third-order valence-corrected chi connectivity index (χ3v) is 12.3. The van der Waals surface area contributed by atoms with Crippen LogP contribution in [0.4, 0.5) is 0 Å². The van der Waals surface area contributed by atoms with Crippen molar-refractivity contribution in [2.24, 2.45) is 0 Å². The number of hydrogen-bond acceptors (Lipinski definition) is 4. The Bertz CT molecular complexity index is 1420. The molecule has 0 saturated carbocycles. The molecule has 0 aliphatic carbocycles. The summed E-state index contributed by atoms with van der Waals surface area (Å²) in [5, 5.41) is 0. The van der Waals surface area contributed by atoms with Gasteiger partial charge in [-0.2, -0.15) is 0 Å². The van der Waals surface area contributed by atoms with E-state index in [2.05, 4.69) is 128 Å². The van der Waals surface area contributed by atoms with E-state index in [1.54, 1.807) is 0 Å². The molecule has 8 heteroatoms.